The van der Waals surface area contributed by atoms with E-state index in [9.17, 15) is 4.79 Å². The van der Waals surface area contributed by atoms with Gasteiger partial charge in [-0.25, -0.2) is 9.78 Å². The number of fused-ring (bicyclic) bond motifs is 1. The summed E-state index contributed by atoms with van der Waals surface area (Å²) in [5.41, 5.74) is 3.10. The number of ether oxygens (including phenoxy) is 1. The summed E-state index contributed by atoms with van der Waals surface area (Å²) in [7, 11) is 1.38. The summed E-state index contributed by atoms with van der Waals surface area (Å²) in [6.07, 6.45) is 9.16. The van der Waals surface area contributed by atoms with Gasteiger partial charge in [-0.3, -0.25) is 0 Å². The van der Waals surface area contributed by atoms with Crippen molar-refractivity contribution < 1.29 is 9.53 Å². The van der Waals surface area contributed by atoms with E-state index in [4.69, 9.17) is 4.98 Å². The van der Waals surface area contributed by atoms with Gasteiger partial charge >= 0.3 is 5.97 Å². The van der Waals surface area contributed by atoms with Gasteiger partial charge in [0.05, 0.1) is 18.1 Å². The molecule has 26 heavy (non-hydrogen) atoms. The fraction of sp³-hybridized carbons (Fsp3) is 0.524. The second kappa shape index (κ2) is 10.8. The molecule has 1 N–H and O–H groups in total. The predicted octanol–water partition coefficient (Wildman–Crippen LogP) is 3.95. The number of hydrogen-bond donors (Lipinski definition) is 1. The summed E-state index contributed by atoms with van der Waals surface area (Å²) in [4.78, 5) is 16.2. The second-order valence-corrected chi connectivity index (χ2v) is 6.45. The lowest BCUT2D eigenvalue weighted by molar-refractivity contribution is -0.134. The van der Waals surface area contributed by atoms with E-state index in [0.717, 1.165) is 48.5 Å². The number of unbranched alkanes of at least 4 members (excludes halogenated alkanes) is 3. The standard InChI is InChI=1S/C21H31N3O2/c1-4-6-7-8-9-20-23-18-16-17(11-13-21(25)26-3)10-12-19(18)24(20)15-14-22-5-2/h10-13,16,22H,4-9,14-15H2,1-3H3/b13-11+. The average molecular weight is 357 g/mol. The largest absolute Gasteiger partial charge is 0.466 e. The average Bonchev–Trinajstić information content (AvgIpc) is 3.00. The van der Waals surface area contributed by atoms with Crippen LogP contribution in [0.3, 0.4) is 0 Å². The highest BCUT2D eigenvalue weighted by molar-refractivity contribution is 5.88. The smallest absolute Gasteiger partial charge is 0.330 e. The third-order valence-corrected chi connectivity index (χ3v) is 4.48. The van der Waals surface area contributed by atoms with Crippen molar-refractivity contribution in [2.24, 2.45) is 0 Å². The minimum Gasteiger partial charge on any atom is -0.466 e. The van der Waals surface area contributed by atoms with Gasteiger partial charge in [-0.15, -0.1) is 0 Å². The number of nitrogens with zero attached hydrogens (tertiary/aromatic N) is 2. The molecule has 0 aliphatic heterocycles. The van der Waals surface area contributed by atoms with Crippen molar-refractivity contribution in [2.45, 2.75) is 52.5 Å². The molecule has 0 saturated carbocycles. The summed E-state index contributed by atoms with van der Waals surface area (Å²) in [5, 5.41) is 3.39. The van der Waals surface area contributed by atoms with Gasteiger partial charge in [0.25, 0.3) is 0 Å². The first kappa shape index (κ1) is 20.2. The van der Waals surface area contributed by atoms with Crippen LogP contribution in [-0.4, -0.2) is 35.7 Å². The van der Waals surface area contributed by atoms with E-state index in [0.29, 0.717) is 0 Å². The van der Waals surface area contributed by atoms with Crippen molar-refractivity contribution in [1.82, 2.24) is 14.9 Å². The molecule has 0 fully saturated rings. The first-order chi connectivity index (χ1) is 12.7. The minimum absolute atomic E-state index is 0.349. The highest BCUT2D eigenvalue weighted by atomic mass is 16.5. The first-order valence-corrected chi connectivity index (χ1v) is 9.65. The van der Waals surface area contributed by atoms with Crippen molar-refractivity contribution in [1.29, 1.82) is 0 Å². The Balaban J connectivity index is 2.23. The van der Waals surface area contributed by atoms with Crippen LogP contribution in [0.5, 0.6) is 0 Å². The van der Waals surface area contributed by atoms with E-state index >= 15 is 0 Å². The van der Waals surface area contributed by atoms with E-state index in [1.165, 1.54) is 38.9 Å². The third-order valence-electron chi connectivity index (χ3n) is 4.48. The molecule has 0 amide bonds. The number of rotatable bonds is 11. The zero-order chi connectivity index (χ0) is 18.8. The van der Waals surface area contributed by atoms with Crippen LogP contribution in [0.1, 0.15) is 50.9 Å². The SMILES string of the molecule is CCCCCCc1nc2cc(/C=C/C(=O)OC)ccc2n1CCNCC. The maximum atomic E-state index is 11.3. The molecule has 5 nitrogen and oxygen atoms in total. The van der Waals surface area contributed by atoms with E-state index in [1.54, 1.807) is 6.08 Å². The Morgan fingerprint density at radius 2 is 2.12 bits per heavy atom. The van der Waals surface area contributed by atoms with Gasteiger partial charge in [0.2, 0.25) is 0 Å². The number of aromatic nitrogens is 2. The molecule has 0 radical (unpaired) electrons. The molecule has 0 unspecified atom stereocenters. The molecule has 5 heteroatoms. The summed E-state index contributed by atoms with van der Waals surface area (Å²) < 4.78 is 6.98. The molecular formula is C21H31N3O2. The number of likely N-dealkylation sites (N-methyl/N-ethyl adjacent to an activating group) is 1. The van der Waals surface area contributed by atoms with Crippen LogP contribution in [0.25, 0.3) is 17.1 Å². The Morgan fingerprint density at radius 1 is 1.27 bits per heavy atom. The highest BCUT2D eigenvalue weighted by Crippen LogP contribution is 2.20. The van der Waals surface area contributed by atoms with Crippen molar-refractivity contribution in [3.05, 3.63) is 35.7 Å². The van der Waals surface area contributed by atoms with Gasteiger partial charge in [0, 0.05) is 25.6 Å². The summed E-state index contributed by atoms with van der Waals surface area (Å²) >= 11 is 0. The number of methoxy groups -OCH3 is 1. The van der Waals surface area contributed by atoms with Crippen molar-refractivity contribution in [3.63, 3.8) is 0 Å². The van der Waals surface area contributed by atoms with Gasteiger partial charge in [0.15, 0.2) is 0 Å². The van der Waals surface area contributed by atoms with Gasteiger partial charge in [0.1, 0.15) is 5.82 Å². The number of imidazole rings is 1. The zero-order valence-electron chi connectivity index (χ0n) is 16.3. The van der Waals surface area contributed by atoms with Gasteiger partial charge in [-0.2, -0.15) is 0 Å². The quantitative estimate of drug-likeness (QED) is 0.376. The predicted molar refractivity (Wildman–Crippen MR) is 107 cm³/mol. The lowest BCUT2D eigenvalue weighted by Crippen LogP contribution is -2.20. The fourth-order valence-corrected chi connectivity index (χ4v) is 3.05. The zero-order valence-corrected chi connectivity index (χ0v) is 16.3. The monoisotopic (exact) mass is 357 g/mol. The van der Waals surface area contributed by atoms with Crippen LogP contribution < -0.4 is 5.32 Å². The van der Waals surface area contributed by atoms with E-state index in [1.807, 2.05) is 12.1 Å². The van der Waals surface area contributed by atoms with E-state index < -0.39 is 0 Å². The van der Waals surface area contributed by atoms with Crippen LogP contribution >= 0.6 is 0 Å². The molecule has 0 aliphatic rings. The Labute approximate surface area is 156 Å². The number of carbonyl (C=O) groups is 1. The second-order valence-electron chi connectivity index (χ2n) is 6.45. The van der Waals surface area contributed by atoms with E-state index in [-0.39, 0.29) is 5.97 Å². The summed E-state index contributed by atoms with van der Waals surface area (Å²) in [6, 6.07) is 6.16. The highest BCUT2D eigenvalue weighted by Gasteiger charge is 2.10. The van der Waals surface area contributed by atoms with Gasteiger partial charge < -0.3 is 14.6 Å². The Morgan fingerprint density at radius 3 is 2.85 bits per heavy atom. The first-order valence-electron chi connectivity index (χ1n) is 9.65. The molecule has 0 aliphatic carbocycles. The number of hydrogen-bond acceptors (Lipinski definition) is 4. The van der Waals surface area contributed by atoms with Crippen LogP contribution in [0.15, 0.2) is 24.3 Å². The number of carbonyl (C=O) groups excluding carboxylic acids is 1. The van der Waals surface area contributed by atoms with Crippen molar-refractivity contribution in [3.8, 4) is 0 Å². The molecule has 2 aromatic rings. The molecular weight excluding hydrogens is 326 g/mol. The molecule has 0 bridgehead atoms. The maximum absolute atomic E-state index is 11.3. The van der Waals surface area contributed by atoms with Crippen LogP contribution in [0.4, 0.5) is 0 Å². The molecule has 2 rings (SSSR count). The normalized spacial score (nSPS) is 11.5. The Kier molecular flexibility index (Phi) is 8.35. The topological polar surface area (TPSA) is 56.1 Å². The fourth-order valence-electron chi connectivity index (χ4n) is 3.05. The molecule has 1 aromatic heterocycles. The maximum Gasteiger partial charge on any atom is 0.330 e. The number of benzene rings is 1. The molecule has 1 heterocycles. The molecule has 1 aromatic carbocycles. The van der Waals surface area contributed by atoms with Gasteiger partial charge in [-0.05, 0) is 36.7 Å². The Bertz CT molecular complexity index is 734. The summed E-state index contributed by atoms with van der Waals surface area (Å²) in [6.45, 7) is 7.19. The van der Waals surface area contributed by atoms with Crippen LogP contribution in [0, 0.1) is 0 Å². The minimum atomic E-state index is -0.349. The lowest BCUT2D eigenvalue weighted by Gasteiger charge is -2.09. The number of aryl methyl sites for hydroxylation is 1. The van der Waals surface area contributed by atoms with Crippen LogP contribution in [0.2, 0.25) is 0 Å². The van der Waals surface area contributed by atoms with Crippen molar-refractivity contribution >= 4 is 23.1 Å². The molecule has 0 saturated heterocycles. The van der Waals surface area contributed by atoms with Gasteiger partial charge in [-0.1, -0.05) is 39.2 Å². The third kappa shape index (κ3) is 5.70. The Hall–Kier alpha value is -2.14. The van der Waals surface area contributed by atoms with Crippen molar-refractivity contribution in [2.75, 3.05) is 20.2 Å². The molecule has 0 atom stereocenters. The van der Waals surface area contributed by atoms with E-state index in [2.05, 4.69) is 34.5 Å². The number of esters is 1. The molecule has 0 spiro atoms. The summed E-state index contributed by atoms with van der Waals surface area (Å²) in [5.74, 6) is 0.806. The number of nitrogens with one attached hydrogen (secondary N) is 1. The lowest BCUT2D eigenvalue weighted by atomic mass is 10.1. The van der Waals surface area contributed by atoms with Crippen LogP contribution in [-0.2, 0) is 22.5 Å². The molecule has 142 valence electrons.